The molecule has 2 fully saturated rings. The van der Waals surface area contributed by atoms with E-state index in [1.54, 1.807) is 6.07 Å². The van der Waals surface area contributed by atoms with Crippen molar-refractivity contribution >= 4 is 16.1 Å². The molecule has 0 amide bonds. The Balaban J connectivity index is 1.57. The lowest BCUT2D eigenvalue weighted by Crippen LogP contribution is -2.40. The summed E-state index contributed by atoms with van der Waals surface area (Å²) in [6.45, 7) is 0. The highest BCUT2D eigenvalue weighted by Crippen LogP contribution is 2.26. The van der Waals surface area contributed by atoms with Gasteiger partial charge >= 0.3 is 10.3 Å². The standard InChI is InChI=1S/C15H24N4O5S/c1-23-25(21,22)19-12-6-11(7-13(12)20)24-15-8-14(16-9-17-15)18-10-4-2-3-5-10/h8-13,19-20H,2-7H2,1H3,(H,16,17,18)/t11-,12+,13+/m1/s1. The number of aliphatic hydroxyl groups is 1. The van der Waals surface area contributed by atoms with Crippen LogP contribution in [0.2, 0.25) is 0 Å². The van der Waals surface area contributed by atoms with Crippen LogP contribution in [0.5, 0.6) is 5.88 Å². The van der Waals surface area contributed by atoms with Gasteiger partial charge in [-0.3, -0.25) is 4.18 Å². The van der Waals surface area contributed by atoms with Crippen LogP contribution < -0.4 is 14.8 Å². The van der Waals surface area contributed by atoms with E-state index in [4.69, 9.17) is 4.74 Å². The molecule has 9 nitrogen and oxygen atoms in total. The second-order valence-electron chi connectivity index (χ2n) is 6.49. The molecule has 2 aliphatic carbocycles. The number of rotatable bonds is 7. The van der Waals surface area contributed by atoms with Crippen LogP contribution >= 0.6 is 0 Å². The number of aliphatic hydroxyl groups excluding tert-OH is 1. The predicted octanol–water partition coefficient (Wildman–Crippen LogP) is 0.583. The lowest BCUT2D eigenvalue weighted by atomic mass is 10.2. The van der Waals surface area contributed by atoms with E-state index in [0.717, 1.165) is 20.0 Å². The van der Waals surface area contributed by atoms with Crippen molar-refractivity contribution in [1.82, 2.24) is 14.7 Å². The number of anilines is 1. The minimum atomic E-state index is -3.85. The van der Waals surface area contributed by atoms with Crippen molar-refractivity contribution in [3.05, 3.63) is 12.4 Å². The van der Waals surface area contributed by atoms with Crippen molar-refractivity contribution in [2.24, 2.45) is 0 Å². The average Bonchev–Trinajstić information content (AvgIpc) is 3.18. The maximum Gasteiger partial charge on any atom is 0.335 e. The smallest absolute Gasteiger partial charge is 0.335 e. The van der Waals surface area contributed by atoms with E-state index in [0.29, 0.717) is 30.6 Å². The third kappa shape index (κ3) is 5.00. The first-order valence-corrected chi connectivity index (χ1v) is 9.87. The number of nitrogens with zero attached hydrogens (tertiary/aromatic N) is 2. The summed E-state index contributed by atoms with van der Waals surface area (Å²) in [6, 6.07) is 1.52. The van der Waals surface area contributed by atoms with Gasteiger partial charge in [-0.05, 0) is 12.8 Å². The van der Waals surface area contributed by atoms with Gasteiger partial charge in [0.25, 0.3) is 0 Å². The van der Waals surface area contributed by atoms with E-state index >= 15 is 0 Å². The fraction of sp³-hybridized carbons (Fsp3) is 0.733. The SMILES string of the molecule is COS(=O)(=O)N[C@H]1C[C@@H](Oc2cc(NC3CCCC3)ncn2)C[C@@H]1O. The van der Waals surface area contributed by atoms with Crippen molar-refractivity contribution in [3.8, 4) is 5.88 Å². The Morgan fingerprint density at radius 2 is 2.00 bits per heavy atom. The zero-order valence-electron chi connectivity index (χ0n) is 14.1. The second kappa shape index (κ2) is 7.81. The van der Waals surface area contributed by atoms with Gasteiger partial charge in [0.05, 0.1) is 19.3 Å². The maximum atomic E-state index is 11.5. The largest absolute Gasteiger partial charge is 0.474 e. The lowest BCUT2D eigenvalue weighted by Gasteiger charge is -2.16. The molecule has 3 atom stereocenters. The quantitative estimate of drug-likeness (QED) is 0.635. The lowest BCUT2D eigenvalue weighted by molar-refractivity contribution is 0.137. The van der Waals surface area contributed by atoms with Crippen molar-refractivity contribution in [1.29, 1.82) is 0 Å². The van der Waals surface area contributed by atoms with Gasteiger partial charge in [0.1, 0.15) is 18.2 Å². The van der Waals surface area contributed by atoms with Crippen LogP contribution in [0.25, 0.3) is 0 Å². The van der Waals surface area contributed by atoms with Gasteiger partial charge in [-0.25, -0.2) is 9.97 Å². The molecule has 3 rings (SSSR count). The van der Waals surface area contributed by atoms with Gasteiger partial charge in [0.15, 0.2) is 0 Å². The van der Waals surface area contributed by atoms with E-state index in [-0.39, 0.29) is 6.10 Å². The Bertz CT molecular complexity index is 680. The fourth-order valence-electron chi connectivity index (χ4n) is 3.36. The summed E-state index contributed by atoms with van der Waals surface area (Å²) in [5, 5.41) is 13.4. The van der Waals surface area contributed by atoms with Crippen LogP contribution in [-0.2, 0) is 14.5 Å². The number of aromatic nitrogens is 2. The first-order chi connectivity index (χ1) is 11.9. The number of nitrogens with one attached hydrogen (secondary N) is 2. The van der Waals surface area contributed by atoms with E-state index in [9.17, 15) is 13.5 Å². The molecule has 1 aromatic rings. The van der Waals surface area contributed by atoms with Crippen LogP contribution in [0, 0.1) is 0 Å². The van der Waals surface area contributed by atoms with Gasteiger partial charge in [-0.2, -0.15) is 13.1 Å². The summed E-state index contributed by atoms with van der Waals surface area (Å²) in [7, 11) is -2.79. The molecule has 0 aromatic carbocycles. The van der Waals surface area contributed by atoms with Crippen LogP contribution in [0.1, 0.15) is 38.5 Å². The molecule has 1 aromatic heterocycles. The average molecular weight is 372 g/mol. The minimum absolute atomic E-state index is 0.312. The van der Waals surface area contributed by atoms with Gasteiger partial charge in [-0.1, -0.05) is 12.8 Å². The zero-order valence-corrected chi connectivity index (χ0v) is 14.9. The van der Waals surface area contributed by atoms with Crippen molar-refractivity contribution in [2.45, 2.75) is 62.8 Å². The molecule has 0 radical (unpaired) electrons. The Hall–Kier alpha value is -1.49. The van der Waals surface area contributed by atoms with E-state index in [2.05, 4.69) is 24.2 Å². The molecule has 0 aliphatic heterocycles. The summed E-state index contributed by atoms with van der Waals surface area (Å²) in [5.41, 5.74) is 0. The van der Waals surface area contributed by atoms with Crippen LogP contribution in [0.15, 0.2) is 12.4 Å². The maximum absolute atomic E-state index is 11.5. The molecule has 2 aliphatic rings. The molecule has 140 valence electrons. The van der Waals surface area contributed by atoms with E-state index in [1.165, 1.54) is 19.2 Å². The normalized spacial score (nSPS) is 27.5. The molecule has 3 N–H and O–H groups in total. The Labute approximate surface area is 147 Å². The van der Waals surface area contributed by atoms with Crippen LogP contribution in [0.3, 0.4) is 0 Å². The molecular weight excluding hydrogens is 348 g/mol. The highest BCUT2D eigenvalue weighted by molar-refractivity contribution is 7.84. The van der Waals surface area contributed by atoms with Crippen molar-refractivity contribution in [3.63, 3.8) is 0 Å². The Morgan fingerprint density at radius 3 is 2.72 bits per heavy atom. The predicted molar refractivity (Wildman–Crippen MR) is 90.4 cm³/mol. The van der Waals surface area contributed by atoms with Crippen molar-refractivity contribution in [2.75, 3.05) is 12.4 Å². The van der Waals surface area contributed by atoms with E-state index in [1.807, 2.05) is 0 Å². The first-order valence-electron chi connectivity index (χ1n) is 8.46. The fourth-order valence-corrected chi connectivity index (χ4v) is 4.08. The molecule has 2 saturated carbocycles. The topological polar surface area (TPSA) is 123 Å². The molecule has 1 heterocycles. The molecule has 25 heavy (non-hydrogen) atoms. The first kappa shape index (κ1) is 18.3. The summed E-state index contributed by atoms with van der Waals surface area (Å²) < 4.78 is 35.4. The van der Waals surface area contributed by atoms with Gasteiger partial charge in [0.2, 0.25) is 5.88 Å². The monoisotopic (exact) mass is 372 g/mol. The zero-order chi connectivity index (χ0) is 17.9. The van der Waals surface area contributed by atoms with Crippen molar-refractivity contribution < 1.29 is 22.4 Å². The second-order valence-corrected chi connectivity index (χ2v) is 7.97. The molecule has 0 bridgehead atoms. The molecule has 0 unspecified atom stereocenters. The van der Waals surface area contributed by atoms with Gasteiger partial charge in [0, 0.05) is 24.9 Å². The minimum Gasteiger partial charge on any atom is -0.474 e. The Morgan fingerprint density at radius 1 is 1.24 bits per heavy atom. The molecule has 0 saturated heterocycles. The molecule has 0 spiro atoms. The summed E-state index contributed by atoms with van der Waals surface area (Å²) in [6.07, 6.45) is 5.62. The summed E-state index contributed by atoms with van der Waals surface area (Å²) >= 11 is 0. The van der Waals surface area contributed by atoms with Crippen LogP contribution in [-0.4, -0.2) is 54.9 Å². The van der Waals surface area contributed by atoms with Crippen LogP contribution in [0.4, 0.5) is 5.82 Å². The number of hydrogen-bond acceptors (Lipinski definition) is 8. The third-order valence-corrected chi connectivity index (χ3v) is 5.67. The molecular formula is C15H24N4O5S. The third-order valence-electron chi connectivity index (χ3n) is 4.64. The number of ether oxygens (including phenoxy) is 1. The molecule has 10 heteroatoms. The highest BCUT2D eigenvalue weighted by Gasteiger charge is 2.37. The summed E-state index contributed by atoms with van der Waals surface area (Å²) in [4.78, 5) is 8.31. The summed E-state index contributed by atoms with van der Waals surface area (Å²) in [5.74, 6) is 1.12. The van der Waals surface area contributed by atoms with Gasteiger partial charge in [-0.15, -0.1) is 0 Å². The highest BCUT2D eigenvalue weighted by atomic mass is 32.2. The number of hydrogen-bond donors (Lipinski definition) is 3. The van der Waals surface area contributed by atoms with Gasteiger partial charge < -0.3 is 15.2 Å². The van der Waals surface area contributed by atoms with E-state index < -0.39 is 22.4 Å². The Kier molecular flexibility index (Phi) is 5.72.